The van der Waals surface area contributed by atoms with E-state index in [0.717, 1.165) is 36.4 Å². The van der Waals surface area contributed by atoms with E-state index in [4.69, 9.17) is 4.74 Å². The lowest BCUT2D eigenvalue weighted by Crippen LogP contribution is -2.41. The fraction of sp³-hybridized carbons (Fsp3) is 0.458. The number of hydrogen-bond donors (Lipinski definition) is 1. The summed E-state index contributed by atoms with van der Waals surface area (Å²) >= 11 is 0. The average molecular weight is 379 g/mol. The summed E-state index contributed by atoms with van der Waals surface area (Å²) in [5.74, 6) is 0.896. The molecule has 0 aromatic heterocycles. The lowest BCUT2D eigenvalue weighted by molar-refractivity contribution is 0.0933. The number of carbonyl (C=O) groups is 1. The fourth-order valence-corrected chi connectivity index (χ4v) is 4.26. The standard InChI is InChI=1S/C24H30N2O2/c1-18-17-28-23-14-13-20(24(27)25-21-11-7-2-3-8-12-21)15-22(23)26(18)16-19-9-5-4-6-10-19/h4-6,9-10,13-15,18,21H,2-3,7-8,11-12,16-17H2,1H3,(H,25,27)/t18-/m0/s1. The average Bonchev–Trinajstić information content (AvgIpc) is 2.99. The molecule has 1 N–H and O–H groups in total. The van der Waals surface area contributed by atoms with Gasteiger partial charge in [0, 0.05) is 18.2 Å². The normalized spacial score (nSPS) is 20.0. The third-order valence-corrected chi connectivity index (χ3v) is 5.93. The molecule has 28 heavy (non-hydrogen) atoms. The van der Waals surface area contributed by atoms with Crippen LogP contribution >= 0.6 is 0 Å². The Morgan fingerprint density at radius 1 is 1.07 bits per heavy atom. The quantitative estimate of drug-likeness (QED) is 0.767. The highest BCUT2D eigenvalue weighted by atomic mass is 16.5. The molecular weight excluding hydrogens is 348 g/mol. The Morgan fingerprint density at radius 2 is 1.82 bits per heavy atom. The molecule has 0 unspecified atom stereocenters. The van der Waals surface area contributed by atoms with Gasteiger partial charge in [0.05, 0.1) is 11.7 Å². The molecule has 4 heteroatoms. The Hall–Kier alpha value is -2.49. The number of nitrogens with zero attached hydrogens (tertiary/aromatic N) is 1. The molecule has 2 aliphatic rings. The minimum absolute atomic E-state index is 0.0348. The van der Waals surface area contributed by atoms with E-state index in [1.54, 1.807) is 0 Å². The smallest absolute Gasteiger partial charge is 0.251 e. The number of fused-ring (bicyclic) bond motifs is 1. The molecule has 0 spiro atoms. The Morgan fingerprint density at radius 3 is 2.57 bits per heavy atom. The van der Waals surface area contributed by atoms with Gasteiger partial charge in [0.15, 0.2) is 0 Å². The topological polar surface area (TPSA) is 41.6 Å². The summed E-state index contributed by atoms with van der Waals surface area (Å²) in [6.45, 7) is 3.64. The van der Waals surface area contributed by atoms with Gasteiger partial charge in [-0.25, -0.2) is 0 Å². The maximum atomic E-state index is 12.9. The van der Waals surface area contributed by atoms with Crippen molar-refractivity contribution in [1.82, 2.24) is 5.32 Å². The minimum atomic E-state index is 0.0348. The summed E-state index contributed by atoms with van der Waals surface area (Å²) in [6.07, 6.45) is 7.19. The zero-order valence-corrected chi connectivity index (χ0v) is 16.7. The number of carbonyl (C=O) groups excluding carboxylic acids is 1. The molecular formula is C24H30N2O2. The van der Waals surface area contributed by atoms with Crippen molar-refractivity contribution in [2.75, 3.05) is 11.5 Å². The van der Waals surface area contributed by atoms with Crippen molar-refractivity contribution in [1.29, 1.82) is 0 Å². The van der Waals surface area contributed by atoms with Crippen molar-refractivity contribution >= 4 is 11.6 Å². The van der Waals surface area contributed by atoms with Gasteiger partial charge >= 0.3 is 0 Å². The third-order valence-electron chi connectivity index (χ3n) is 5.93. The Labute approximate surface area is 167 Å². The van der Waals surface area contributed by atoms with E-state index >= 15 is 0 Å². The zero-order valence-electron chi connectivity index (χ0n) is 16.7. The summed E-state index contributed by atoms with van der Waals surface area (Å²) in [5.41, 5.74) is 2.99. The number of hydrogen-bond acceptors (Lipinski definition) is 3. The van der Waals surface area contributed by atoms with Gasteiger partial charge in [-0.05, 0) is 43.5 Å². The van der Waals surface area contributed by atoms with Crippen LogP contribution in [-0.2, 0) is 6.54 Å². The van der Waals surface area contributed by atoms with E-state index in [2.05, 4.69) is 41.4 Å². The first-order chi connectivity index (χ1) is 13.7. The van der Waals surface area contributed by atoms with E-state index in [0.29, 0.717) is 12.6 Å². The van der Waals surface area contributed by atoms with Gasteiger partial charge in [-0.3, -0.25) is 4.79 Å². The Balaban J connectivity index is 1.54. The SMILES string of the molecule is C[C@H]1COc2ccc(C(=O)NC3CCCCCC3)cc2N1Cc1ccccc1. The van der Waals surface area contributed by atoms with Crippen LogP contribution in [0, 0.1) is 0 Å². The fourth-order valence-electron chi connectivity index (χ4n) is 4.26. The van der Waals surface area contributed by atoms with Crippen molar-refractivity contribution in [3.63, 3.8) is 0 Å². The molecule has 1 heterocycles. The van der Waals surface area contributed by atoms with Crippen LogP contribution in [0.25, 0.3) is 0 Å². The molecule has 4 rings (SSSR count). The van der Waals surface area contributed by atoms with Gasteiger partial charge in [0.1, 0.15) is 12.4 Å². The molecule has 1 atom stereocenters. The maximum Gasteiger partial charge on any atom is 0.251 e. The molecule has 0 bridgehead atoms. The molecule has 0 saturated heterocycles. The molecule has 2 aromatic rings. The summed E-state index contributed by atoms with van der Waals surface area (Å²) in [5, 5.41) is 3.26. The Bertz CT molecular complexity index is 798. The molecule has 1 aliphatic heterocycles. The van der Waals surface area contributed by atoms with Crippen molar-refractivity contribution in [3.05, 3.63) is 59.7 Å². The van der Waals surface area contributed by atoms with Gasteiger partial charge in [-0.2, -0.15) is 0 Å². The van der Waals surface area contributed by atoms with Crippen LogP contribution in [-0.4, -0.2) is 24.6 Å². The highest BCUT2D eigenvalue weighted by molar-refractivity contribution is 5.96. The van der Waals surface area contributed by atoms with E-state index in [9.17, 15) is 4.79 Å². The van der Waals surface area contributed by atoms with Gasteiger partial charge in [0.25, 0.3) is 5.91 Å². The first kappa shape index (κ1) is 18.9. The molecule has 148 valence electrons. The molecule has 4 nitrogen and oxygen atoms in total. The molecule has 1 saturated carbocycles. The monoisotopic (exact) mass is 378 g/mol. The number of amides is 1. The zero-order chi connectivity index (χ0) is 19.3. The molecule has 0 radical (unpaired) electrons. The number of anilines is 1. The van der Waals surface area contributed by atoms with Gasteiger partial charge < -0.3 is 15.0 Å². The number of rotatable bonds is 4. The second kappa shape index (κ2) is 8.68. The minimum Gasteiger partial charge on any atom is -0.489 e. The highest BCUT2D eigenvalue weighted by Gasteiger charge is 2.26. The van der Waals surface area contributed by atoms with Gasteiger partial charge in [0.2, 0.25) is 0 Å². The third kappa shape index (κ3) is 4.32. The van der Waals surface area contributed by atoms with Crippen molar-refractivity contribution < 1.29 is 9.53 Å². The predicted molar refractivity (Wildman–Crippen MR) is 113 cm³/mol. The largest absolute Gasteiger partial charge is 0.489 e. The van der Waals surface area contributed by atoms with Crippen LogP contribution < -0.4 is 15.0 Å². The summed E-state index contributed by atoms with van der Waals surface area (Å²) < 4.78 is 5.93. The molecule has 1 aliphatic carbocycles. The number of ether oxygens (including phenoxy) is 1. The summed E-state index contributed by atoms with van der Waals surface area (Å²) in [7, 11) is 0. The highest BCUT2D eigenvalue weighted by Crippen LogP contribution is 2.36. The van der Waals surface area contributed by atoms with Crippen molar-refractivity contribution in [2.24, 2.45) is 0 Å². The predicted octanol–water partition coefficient (Wildman–Crippen LogP) is 4.93. The lowest BCUT2D eigenvalue weighted by Gasteiger charge is -2.37. The van der Waals surface area contributed by atoms with Gasteiger partial charge in [-0.1, -0.05) is 56.0 Å². The van der Waals surface area contributed by atoms with Crippen LogP contribution in [0.15, 0.2) is 48.5 Å². The van der Waals surface area contributed by atoms with E-state index in [1.807, 2.05) is 24.3 Å². The lowest BCUT2D eigenvalue weighted by atomic mass is 10.1. The molecule has 1 fully saturated rings. The van der Waals surface area contributed by atoms with Crippen LogP contribution in [0.4, 0.5) is 5.69 Å². The van der Waals surface area contributed by atoms with Crippen LogP contribution in [0.5, 0.6) is 5.75 Å². The van der Waals surface area contributed by atoms with E-state index in [1.165, 1.54) is 31.2 Å². The number of benzene rings is 2. The molecule has 2 aromatic carbocycles. The first-order valence-electron chi connectivity index (χ1n) is 10.6. The molecule has 1 amide bonds. The summed E-state index contributed by atoms with van der Waals surface area (Å²) in [4.78, 5) is 15.2. The van der Waals surface area contributed by atoms with Crippen LogP contribution in [0.2, 0.25) is 0 Å². The van der Waals surface area contributed by atoms with E-state index < -0.39 is 0 Å². The Kier molecular flexibility index (Phi) is 5.84. The van der Waals surface area contributed by atoms with Crippen LogP contribution in [0.3, 0.4) is 0 Å². The van der Waals surface area contributed by atoms with Crippen molar-refractivity contribution in [3.8, 4) is 5.75 Å². The van der Waals surface area contributed by atoms with Crippen LogP contribution in [0.1, 0.15) is 61.4 Å². The second-order valence-corrected chi connectivity index (χ2v) is 8.12. The van der Waals surface area contributed by atoms with E-state index in [-0.39, 0.29) is 11.9 Å². The summed E-state index contributed by atoms with van der Waals surface area (Å²) in [6, 6.07) is 16.9. The van der Waals surface area contributed by atoms with Crippen molar-refractivity contribution in [2.45, 2.75) is 64.1 Å². The maximum absolute atomic E-state index is 12.9. The van der Waals surface area contributed by atoms with Gasteiger partial charge in [-0.15, -0.1) is 0 Å². The number of nitrogens with one attached hydrogen (secondary N) is 1. The first-order valence-corrected chi connectivity index (χ1v) is 10.6. The second-order valence-electron chi connectivity index (χ2n) is 8.12.